The number of ether oxygens (including phenoxy) is 1. The van der Waals surface area contributed by atoms with Gasteiger partial charge in [0.25, 0.3) is 0 Å². The molecule has 0 spiro atoms. The average Bonchev–Trinajstić information content (AvgIpc) is 2.73. The highest BCUT2D eigenvalue weighted by atomic mass is 35.5. The first-order valence-corrected chi connectivity index (χ1v) is 12.4. The quantitative estimate of drug-likeness (QED) is 0.514. The van der Waals surface area contributed by atoms with Gasteiger partial charge in [-0.05, 0) is 111 Å². The van der Waals surface area contributed by atoms with Gasteiger partial charge in [0.2, 0.25) is 0 Å². The van der Waals surface area contributed by atoms with Crippen LogP contribution in [0, 0.1) is 17.3 Å². The van der Waals surface area contributed by atoms with Gasteiger partial charge in [-0.25, -0.2) is 0 Å². The maximum atomic E-state index is 6.22. The summed E-state index contributed by atoms with van der Waals surface area (Å²) in [5.74, 6) is 2.76. The van der Waals surface area contributed by atoms with E-state index in [9.17, 15) is 0 Å². The van der Waals surface area contributed by atoms with Gasteiger partial charge in [0.15, 0.2) is 0 Å². The molecule has 2 unspecified atom stereocenters. The van der Waals surface area contributed by atoms with Crippen LogP contribution in [0.15, 0.2) is 48.5 Å². The average molecular weight is 438 g/mol. The minimum atomic E-state index is 0.358. The monoisotopic (exact) mass is 437 g/mol. The number of para-hydroxylation sites is 1. The van der Waals surface area contributed by atoms with Gasteiger partial charge >= 0.3 is 0 Å². The van der Waals surface area contributed by atoms with Crippen LogP contribution in [0.1, 0.15) is 63.5 Å². The largest absolute Gasteiger partial charge is 0.496 e. The number of hydrogen-bond acceptors (Lipinski definition) is 2. The van der Waals surface area contributed by atoms with Gasteiger partial charge in [-0.2, -0.15) is 0 Å². The van der Waals surface area contributed by atoms with Crippen LogP contribution in [0.4, 0.5) is 0 Å². The third-order valence-corrected chi connectivity index (χ3v) is 8.99. The predicted octanol–water partition coefficient (Wildman–Crippen LogP) is 6.80. The Morgan fingerprint density at radius 2 is 1.68 bits per heavy atom. The summed E-state index contributed by atoms with van der Waals surface area (Å²) in [6.07, 6.45) is 9.31. The molecule has 0 radical (unpaired) electrons. The molecular weight excluding hydrogens is 402 g/mol. The van der Waals surface area contributed by atoms with Gasteiger partial charge in [-0.1, -0.05) is 41.9 Å². The van der Waals surface area contributed by atoms with Crippen molar-refractivity contribution in [3.63, 3.8) is 0 Å². The van der Waals surface area contributed by atoms with E-state index in [1.54, 1.807) is 7.11 Å². The molecule has 4 aliphatic carbocycles. The molecule has 3 heteroatoms. The van der Waals surface area contributed by atoms with Crippen molar-refractivity contribution in [2.45, 2.75) is 76.3 Å². The number of rotatable bonds is 7. The van der Waals surface area contributed by atoms with Crippen molar-refractivity contribution in [3.8, 4) is 5.75 Å². The number of methoxy groups -OCH3 is 1. The third-order valence-electron chi connectivity index (χ3n) is 8.73. The fourth-order valence-corrected chi connectivity index (χ4v) is 7.97. The van der Waals surface area contributed by atoms with E-state index in [0.29, 0.717) is 22.9 Å². The van der Waals surface area contributed by atoms with Crippen molar-refractivity contribution in [2.75, 3.05) is 7.11 Å². The molecule has 6 atom stereocenters. The molecule has 0 saturated heterocycles. The van der Waals surface area contributed by atoms with Crippen LogP contribution >= 0.6 is 11.6 Å². The number of hydrogen-bond donors (Lipinski definition) is 1. The Morgan fingerprint density at radius 1 is 1.00 bits per heavy atom. The van der Waals surface area contributed by atoms with Crippen LogP contribution in [0.25, 0.3) is 0 Å². The fraction of sp³-hybridized carbons (Fsp3) is 0.571. The number of halogens is 1. The Balaban J connectivity index is 1.35. The molecular formula is C28H36ClNO. The first kappa shape index (κ1) is 21.3. The van der Waals surface area contributed by atoms with Gasteiger partial charge < -0.3 is 10.1 Å². The van der Waals surface area contributed by atoms with Crippen molar-refractivity contribution < 1.29 is 4.74 Å². The summed E-state index contributed by atoms with van der Waals surface area (Å²) >= 11 is 6.22. The zero-order chi connectivity index (χ0) is 21.6. The van der Waals surface area contributed by atoms with Gasteiger partial charge in [-0.15, -0.1) is 0 Å². The van der Waals surface area contributed by atoms with Crippen molar-refractivity contribution >= 4 is 11.6 Å². The Morgan fingerprint density at radius 3 is 2.35 bits per heavy atom. The molecule has 1 N–H and O–H groups in total. The molecule has 0 aromatic heterocycles. The molecule has 0 heterocycles. The van der Waals surface area contributed by atoms with Crippen molar-refractivity contribution in [1.82, 2.24) is 5.32 Å². The summed E-state index contributed by atoms with van der Waals surface area (Å²) in [7, 11) is 1.77. The summed E-state index contributed by atoms with van der Waals surface area (Å²) in [6.45, 7) is 4.79. The van der Waals surface area contributed by atoms with E-state index >= 15 is 0 Å². The fourth-order valence-electron chi connectivity index (χ4n) is 7.85. The minimum Gasteiger partial charge on any atom is -0.496 e. The Labute approximate surface area is 192 Å². The lowest BCUT2D eigenvalue weighted by Crippen LogP contribution is -2.60. The molecule has 2 nitrogen and oxygen atoms in total. The summed E-state index contributed by atoms with van der Waals surface area (Å²) < 4.78 is 5.58. The summed E-state index contributed by atoms with van der Waals surface area (Å²) in [4.78, 5) is 0. The highest BCUT2D eigenvalue weighted by Crippen LogP contribution is 2.66. The van der Waals surface area contributed by atoms with Gasteiger partial charge in [-0.3, -0.25) is 0 Å². The van der Waals surface area contributed by atoms with E-state index in [1.807, 2.05) is 0 Å². The van der Waals surface area contributed by atoms with Gasteiger partial charge in [0.05, 0.1) is 7.11 Å². The molecule has 0 aliphatic heterocycles. The molecule has 4 fully saturated rings. The Bertz CT molecular complexity index is 909. The van der Waals surface area contributed by atoms with Crippen molar-refractivity contribution in [3.05, 3.63) is 64.7 Å². The van der Waals surface area contributed by atoms with Gasteiger partial charge in [0.1, 0.15) is 5.75 Å². The molecule has 2 aromatic carbocycles. The van der Waals surface area contributed by atoms with E-state index in [-0.39, 0.29) is 0 Å². The zero-order valence-electron chi connectivity index (χ0n) is 19.2. The SMILES string of the molecule is COc1ccccc1C[C@H](C)N[C@@H](C)C12C[C@@H]3C[C@@H](CC(c4ccc(Cl)cc4)(C3)C1)C2. The molecule has 4 saturated carbocycles. The lowest BCUT2D eigenvalue weighted by molar-refractivity contribution is -0.0893. The zero-order valence-corrected chi connectivity index (χ0v) is 19.9. The van der Waals surface area contributed by atoms with Crippen LogP contribution in [0.5, 0.6) is 5.75 Å². The smallest absolute Gasteiger partial charge is 0.122 e. The van der Waals surface area contributed by atoms with Crippen LogP contribution in [0.2, 0.25) is 5.02 Å². The van der Waals surface area contributed by atoms with Crippen LogP contribution in [-0.2, 0) is 11.8 Å². The highest BCUT2D eigenvalue weighted by molar-refractivity contribution is 6.30. The molecule has 31 heavy (non-hydrogen) atoms. The molecule has 2 aromatic rings. The van der Waals surface area contributed by atoms with E-state index in [2.05, 4.69) is 67.7 Å². The number of nitrogens with one attached hydrogen (secondary N) is 1. The molecule has 6 rings (SSSR count). The van der Waals surface area contributed by atoms with Crippen LogP contribution in [-0.4, -0.2) is 19.2 Å². The lowest BCUT2D eigenvalue weighted by Gasteiger charge is -2.64. The van der Waals surface area contributed by atoms with E-state index in [4.69, 9.17) is 16.3 Å². The Kier molecular flexibility index (Phi) is 5.59. The summed E-state index contributed by atoms with van der Waals surface area (Å²) in [5, 5.41) is 4.89. The highest BCUT2D eigenvalue weighted by Gasteiger charge is 2.59. The second-order valence-corrected chi connectivity index (χ2v) is 11.4. The maximum absolute atomic E-state index is 6.22. The van der Waals surface area contributed by atoms with Crippen LogP contribution in [0.3, 0.4) is 0 Å². The Hall–Kier alpha value is -1.51. The second-order valence-electron chi connectivity index (χ2n) is 10.9. The van der Waals surface area contributed by atoms with Crippen LogP contribution < -0.4 is 10.1 Å². The lowest BCUT2D eigenvalue weighted by atomic mass is 9.41. The summed E-state index contributed by atoms with van der Waals surface area (Å²) in [6, 6.07) is 18.2. The summed E-state index contributed by atoms with van der Waals surface area (Å²) in [5.41, 5.74) is 3.60. The predicted molar refractivity (Wildman–Crippen MR) is 129 cm³/mol. The van der Waals surface area contributed by atoms with Crippen molar-refractivity contribution in [2.24, 2.45) is 17.3 Å². The first-order valence-electron chi connectivity index (χ1n) is 12.1. The second kappa shape index (κ2) is 8.12. The molecule has 4 aliphatic rings. The molecule has 0 amide bonds. The topological polar surface area (TPSA) is 21.3 Å². The number of benzene rings is 2. The molecule has 4 bridgehead atoms. The normalized spacial score (nSPS) is 33.3. The minimum absolute atomic E-state index is 0.358. The van der Waals surface area contributed by atoms with E-state index in [1.165, 1.54) is 49.7 Å². The maximum Gasteiger partial charge on any atom is 0.122 e. The molecule has 166 valence electrons. The van der Waals surface area contributed by atoms with E-state index in [0.717, 1.165) is 29.0 Å². The van der Waals surface area contributed by atoms with Gasteiger partial charge in [0, 0.05) is 17.1 Å². The third kappa shape index (κ3) is 3.91. The first-order chi connectivity index (χ1) is 14.9. The van der Waals surface area contributed by atoms with Crippen molar-refractivity contribution in [1.29, 1.82) is 0 Å². The standard InChI is InChI=1S/C28H36ClNO/c1-19(12-23-6-4-5-7-26(23)31-3)30-20(2)27-14-21-13-22(15-27)17-28(16-21,18-27)24-8-10-25(29)11-9-24/h4-11,19-22,30H,12-18H2,1-3H3/t19-,20-,21-,22+,27?,28?/m0/s1. The van der Waals surface area contributed by atoms with E-state index < -0.39 is 0 Å².